The third-order valence-electron chi connectivity index (χ3n) is 2.20. The van der Waals surface area contributed by atoms with Gasteiger partial charge in [-0.15, -0.1) is 0 Å². The molecular weight excluding hydrogens is 230 g/mol. The van der Waals surface area contributed by atoms with Gasteiger partial charge in [-0.1, -0.05) is 17.7 Å². The first-order chi connectivity index (χ1) is 7.58. The first kappa shape index (κ1) is 12.8. The molecule has 0 aromatic heterocycles. The van der Waals surface area contributed by atoms with Crippen LogP contribution in [0.1, 0.15) is 5.56 Å². The third kappa shape index (κ3) is 3.12. The maximum atomic E-state index is 11.1. The van der Waals surface area contributed by atoms with E-state index >= 15 is 0 Å². The summed E-state index contributed by atoms with van der Waals surface area (Å²) in [6.45, 7) is 0. The van der Waals surface area contributed by atoms with Crippen molar-refractivity contribution in [1.82, 2.24) is 0 Å². The predicted octanol–water partition coefficient (Wildman–Crippen LogP) is 1.39. The van der Waals surface area contributed by atoms with Gasteiger partial charge < -0.3 is 15.2 Å². The van der Waals surface area contributed by atoms with Crippen LogP contribution in [0.4, 0.5) is 0 Å². The molecular formula is C11H14ClNO3. The van der Waals surface area contributed by atoms with Crippen LogP contribution >= 0.6 is 11.6 Å². The Morgan fingerprint density at radius 1 is 1.50 bits per heavy atom. The van der Waals surface area contributed by atoms with Crippen molar-refractivity contribution in [3.8, 4) is 5.75 Å². The lowest BCUT2D eigenvalue weighted by molar-refractivity contribution is -0.142. The number of carbonyl (C=O) groups is 1. The summed E-state index contributed by atoms with van der Waals surface area (Å²) in [4.78, 5) is 11.1. The van der Waals surface area contributed by atoms with Gasteiger partial charge in [-0.2, -0.15) is 0 Å². The molecule has 1 rings (SSSR count). The fraction of sp³-hybridized carbons (Fsp3) is 0.364. The molecule has 1 atom stereocenters. The number of ether oxygens (including phenoxy) is 2. The van der Waals surface area contributed by atoms with E-state index in [1.54, 1.807) is 25.3 Å². The van der Waals surface area contributed by atoms with Gasteiger partial charge in [0, 0.05) is 5.02 Å². The lowest BCUT2D eigenvalue weighted by atomic mass is 10.1. The Morgan fingerprint density at radius 3 is 2.69 bits per heavy atom. The van der Waals surface area contributed by atoms with Crippen LogP contribution in [0.2, 0.25) is 5.02 Å². The third-order valence-corrected chi connectivity index (χ3v) is 2.56. The molecule has 0 amide bonds. The Balaban J connectivity index is 2.78. The van der Waals surface area contributed by atoms with Gasteiger partial charge in [-0.3, -0.25) is 4.79 Å². The van der Waals surface area contributed by atoms with E-state index in [2.05, 4.69) is 4.74 Å². The maximum Gasteiger partial charge on any atom is 0.322 e. The highest BCUT2D eigenvalue weighted by atomic mass is 35.5. The molecule has 0 bridgehead atoms. The van der Waals surface area contributed by atoms with Gasteiger partial charge in [0.15, 0.2) is 0 Å². The number of rotatable bonds is 4. The topological polar surface area (TPSA) is 61.5 Å². The van der Waals surface area contributed by atoms with Gasteiger partial charge >= 0.3 is 5.97 Å². The molecule has 2 N–H and O–H groups in total. The van der Waals surface area contributed by atoms with Crippen LogP contribution in [-0.4, -0.2) is 26.2 Å². The van der Waals surface area contributed by atoms with Crippen LogP contribution in [-0.2, 0) is 16.0 Å². The second-order valence-electron chi connectivity index (χ2n) is 3.29. The number of benzene rings is 1. The zero-order valence-corrected chi connectivity index (χ0v) is 9.95. The minimum absolute atomic E-state index is 0.343. The Hall–Kier alpha value is -1.26. The number of esters is 1. The molecule has 0 saturated heterocycles. The van der Waals surface area contributed by atoms with Crippen molar-refractivity contribution in [3.05, 3.63) is 28.8 Å². The molecule has 0 radical (unpaired) electrons. The van der Waals surface area contributed by atoms with Crippen LogP contribution < -0.4 is 10.5 Å². The molecule has 4 nitrogen and oxygen atoms in total. The largest absolute Gasteiger partial charge is 0.497 e. The number of hydrogen-bond donors (Lipinski definition) is 1. The zero-order chi connectivity index (χ0) is 12.1. The molecule has 0 fully saturated rings. The molecule has 0 aliphatic carbocycles. The first-order valence-corrected chi connectivity index (χ1v) is 5.12. The van der Waals surface area contributed by atoms with Crippen LogP contribution in [0.5, 0.6) is 5.75 Å². The molecule has 0 heterocycles. The Kier molecular flexibility index (Phi) is 4.58. The monoisotopic (exact) mass is 243 g/mol. The van der Waals surface area contributed by atoms with Crippen molar-refractivity contribution in [2.75, 3.05) is 14.2 Å². The van der Waals surface area contributed by atoms with Crippen LogP contribution in [0.3, 0.4) is 0 Å². The van der Waals surface area contributed by atoms with Crippen LogP contribution in [0.15, 0.2) is 18.2 Å². The zero-order valence-electron chi connectivity index (χ0n) is 9.20. The van der Waals surface area contributed by atoms with Gasteiger partial charge in [0.1, 0.15) is 11.8 Å². The summed E-state index contributed by atoms with van der Waals surface area (Å²) in [5.41, 5.74) is 6.43. The van der Waals surface area contributed by atoms with E-state index in [0.29, 0.717) is 17.2 Å². The van der Waals surface area contributed by atoms with Crippen molar-refractivity contribution >= 4 is 17.6 Å². The highest BCUT2D eigenvalue weighted by Gasteiger charge is 2.15. The molecule has 0 spiro atoms. The van der Waals surface area contributed by atoms with E-state index < -0.39 is 12.0 Å². The molecule has 0 aliphatic heterocycles. The van der Waals surface area contributed by atoms with E-state index in [-0.39, 0.29) is 0 Å². The highest BCUT2D eigenvalue weighted by molar-refractivity contribution is 6.31. The van der Waals surface area contributed by atoms with Crippen molar-refractivity contribution < 1.29 is 14.3 Å². The Morgan fingerprint density at radius 2 is 2.19 bits per heavy atom. The lowest BCUT2D eigenvalue weighted by Gasteiger charge is -2.11. The number of carbonyl (C=O) groups excluding carboxylic acids is 1. The van der Waals surface area contributed by atoms with Gasteiger partial charge in [-0.05, 0) is 24.1 Å². The minimum atomic E-state index is -0.698. The van der Waals surface area contributed by atoms with Crippen molar-refractivity contribution in [2.45, 2.75) is 12.5 Å². The van der Waals surface area contributed by atoms with E-state index in [1.807, 2.05) is 0 Å². The van der Waals surface area contributed by atoms with E-state index in [0.717, 1.165) is 5.56 Å². The fourth-order valence-electron chi connectivity index (χ4n) is 1.29. The fourth-order valence-corrected chi connectivity index (χ4v) is 1.54. The van der Waals surface area contributed by atoms with Crippen LogP contribution in [0, 0.1) is 0 Å². The van der Waals surface area contributed by atoms with E-state index in [4.69, 9.17) is 22.1 Å². The van der Waals surface area contributed by atoms with Gasteiger partial charge in [0.2, 0.25) is 0 Å². The average molecular weight is 244 g/mol. The molecule has 5 heteroatoms. The van der Waals surface area contributed by atoms with Crippen molar-refractivity contribution in [1.29, 1.82) is 0 Å². The Bertz CT molecular complexity index is 381. The second-order valence-corrected chi connectivity index (χ2v) is 3.70. The standard InChI is InChI=1S/C11H14ClNO3/c1-15-8-4-3-7(9(12)6-8)5-10(13)11(14)16-2/h3-4,6,10H,5,13H2,1-2H3/t10-/m1/s1. The molecule has 0 saturated carbocycles. The number of hydrogen-bond acceptors (Lipinski definition) is 4. The molecule has 1 aromatic rings. The summed E-state index contributed by atoms with van der Waals surface area (Å²) < 4.78 is 9.55. The van der Waals surface area contributed by atoms with Gasteiger partial charge in [0.25, 0.3) is 0 Å². The summed E-state index contributed by atoms with van der Waals surface area (Å²) in [7, 11) is 2.86. The summed E-state index contributed by atoms with van der Waals surface area (Å²) in [5.74, 6) is 0.215. The molecule has 0 aliphatic rings. The quantitative estimate of drug-likeness (QED) is 0.812. The molecule has 0 unspecified atom stereocenters. The SMILES string of the molecule is COC(=O)[C@H](N)Cc1ccc(OC)cc1Cl. The second kappa shape index (κ2) is 5.72. The van der Waals surface area contributed by atoms with Gasteiger partial charge in [0.05, 0.1) is 14.2 Å². The van der Waals surface area contributed by atoms with Crippen LogP contribution in [0.25, 0.3) is 0 Å². The minimum Gasteiger partial charge on any atom is -0.497 e. The summed E-state index contributed by atoms with van der Waals surface area (Å²) >= 11 is 6.01. The van der Waals surface area contributed by atoms with E-state index in [9.17, 15) is 4.79 Å². The maximum absolute atomic E-state index is 11.1. The highest BCUT2D eigenvalue weighted by Crippen LogP contribution is 2.23. The Labute approximate surface area is 99.3 Å². The van der Waals surface area contributed by atoms with Gasteiger partial charge in [-0.25, -0.2) is 0 Å². The molecule has 1 aromatic carbocycles. The summed E-state index contributed by atoms with van der Waals surface area (Å²) in [5, 5.41) is 0.527. The smallest absolute Gasteiger partial charge is 0.322 e. The number of methoxy groups -OCH3 is 2. The van der Waals surface area contributed by atoms with E-state index in [1.165, 1.54) is 7.11 Å². The summed E-state index contributed by atoms with van der Waals surface area (Å²) in [6, 6.07) is 4.53. The lowest BCUT2D eigenvalue weighted by Crippen LogP contribution is -2.33. The van der Waals surface area contributed by atoms with Crippen molar-refractivity contribution in [3.63, 3.8) is 0 Å². The first-order valence-electron chi connectivity index (χ1n) is 4.74. The van der Waals surface area contributed by atoms with Crippen molar-refractivity contribution in [2.24, 2.45) is 5.73 Å². The number of nitrogens with two attached hydrogens (primary N) is 1. The average Bonchev–Trinajstić information content (AvgIpc) is 2.30. The predicted molar refractivity (Wildman–Crippen MR) is 61.7 cm³/mol. The summed E-state index contributed by atoms with van der Waals surface area (Å²) in [6.07, 6.45) is 0.343. The molecule has 88 valence electrons. The molecule has 16 heavy (non-hydrogen) atoms. The number of halogens is 1. The normalized spacial score (nSPS) is 12.0.